The van der Waals surface area contributed by atoms with Gasteiger partial charge in [0, 0.05) is 11.8 Å². The largest absolute Gasteiger partial charge is 0.454 e. The van der Waals surface area contributed by atoms with E-state index in [1.54, 1.807) is 0 Å². The summed E-state index contributed by atoms with van der Waals surface area (Å²) in [4.78, 5) is 0. The van der Waals surface area contributed by atoms with Crippen LogP contribution in [0, 0.1) is 12.3 Å². The molecule has 0 radical (unpaired) electrons. The molecule has 1 atom stereocenters. The lowest BCUT2D eigenvalue weighted by Crippen LogP contribution is -2.11. The maximum absolute atomic E-state index is 5.26. The molecule has 14 heavy (non-hydrogen) atoms. The number of terminal acetylenes is 1. The fraction of sp³-hybridized carbons (Fsp3) is 0.273. The van der Waals surface area contributed by atoms with Crippen molar-refractivity contribution in [1.29, 1.82) is 0 Å². The van der Waals surface area contributed by atoms with Crippen molar-refractivity contribution in [3.05, 3.63) is 18.2 Å². The molecule has 0 fully saturated rings. The molecule has 3 heteroatoms. The van der Waals surface area contributed by atoms with E-state index in [-0.39, 0.29) is 6.04 Å². The van der Waals surface area contributed by atoms with Gasteiger partial charge in [0.2, 0.25) is 6.79 Å². The lowest BCUT2D eigenvalue weighted by atomic mass is 10.2. The highest BCUT2D eigenvalue weighted by Crippen LogP contribution is 2.34. The zero-order valence-electron chi connectivity index (χ0n) is 7.91. The molecule has 0 aromatic heterocycles. The van der Waals surface area contributed by atoms with E-state index >= 15 is 0 Å². The van der Waals surface area contributed by atoms with Gasteiger partial charge in [0.1, 0.15) is 0 Å². The molecule has 1 heterocycles. The molecule has 1 unspecified atom stereocenters. The lowest BCUT2D eigenvalue weighted by molar-refractivity contribution is 0.174. The van der Waals surface area contributed by atoms with Crippen molar-refractivity contribution in [2.45, 2.75) is 13.0 Å². The van der Waals surface area contributed by atoms with Gasteiger partial charge in [-0.05, 0) is 19.1 Å². The molecule has 3 nitrogen and oxygen atoms in total. The monoisotopic (exact) mass is 189 g/mol. The van der Waals surface area contributed by atoms with Gasteiger partial charge >= 0.3 is 0 Å². The van der Waals surface area contributed by atoms with Crippen molar-refractivity contribution in [1.82, 2.24) is 0 Å². The third-order valence-electron chi connectivity index (χ3n) is 2.01. The molecule has 0 bridgehead atoms. The Morgan fingerprint density at radius 3 is 3.00 bits per heavy atom. The highest BCUT2D eigenvalue weighted by Gasteiger charge is 2.13. The summed E-state index contributed by atoms with van der Waals surface area (Å²) in [6.07, 6.45) is 5.26. The number of hydrogen-bond donors (Lipinski definition) is 1. The van der Waals surface area contributed by atoms with Crippen molar-refractivity contribution in [2.24, 2.45) is 0 Å². The first-order chi connectivity index (χ1) is 6.79. The Kier molecular flexibility index (Phi) is 2.19. The maximum Gasteiger partial charge on any atom is 0.231 e. The van der Waals surface area contributed by atoms with Crippen LogP contribution in [-0.4, -0.2) is 12.8 Å². The van der Waals surface area contributed by atoms with Crippen LogP contribution in [0.4, 0.5) is 5.69 Å². The number of rotatable bonds is 2. The van der Waals surface area contributed by atoms with Crippen molar-refractivity contribution in [3.63, 3.8) is 0 Å². The van der Waals surface area contributed by atoms with Crippen molar-refractivity contribution in [3.8, 4) is 23.8 Å². The first kappa shape index (κ1) is 8.76. The second-order valence-corrected chi connectivity index (χ2v) is 3.10. The standard InChI is InChI=1S/C11H11NO2/c1-3-8(2)12-9-4-5-10-11(6-9)14-7-13-10/h1,4-6,8,12H,7H2,2H3. The highest BCUT2D eigenvalue weighted by molar-refractivity contribution is 5.56. The Morgan fingerprint density at radius 2 is 2.21 bits per heavy atom. The van der Waals surface area contributed by atoms with Crippen molar-refractivity contribution < 1.29 is 9.47 Å². The van der Waals surface area contributed by atoms with E-state index in [2.05, 4.69) is 11.2 Å². The van der Waals surface area contributed by atoms with Crippen molar-refractivity contribution >= 4 is 5.69 Å². The van der Waals surface area contributed by atoms with Crippen LogP contribution >= 0.6 is 0 Å². The Balaban J connectivity index is 2.17. The summed E-state index contributed by atoms with van der Waals surface area (Å²) in [5.74, 6) is 4.14. The average molecular weight is 189 g/mol. The van der Waals surface area contributed by atoms with Gasteiger partial charge in [-0.3, -0.25) is 0 Å². The van der Waals surface area contributed by atoms with Gasteiger partial charge in [-0.2, -0.15) is 0 Å². The van der Waals surface area contributed by atoms with Gasteiger partial charge < -0.3 is 14.8 Å². The zero-order chi connectivity index (χ0) is 9.97. The van der Waals surface area contributed by atoms with Crippen LogP contribution in [0.2, 0.25) is 0 Å². The van der Waals surface area contributed by atoms with E-state index in [0.717, 1.165) is 17.2 Å². The predicted molar refractivity (Wildman–Crippen MR) is 54.5 cm³/mol. The first-order valence-corrected chi connectivity index (χ1v) is 4.42. The van der Waals surface area contributed by atoms with Crippen LogP contribution in [0.25, 0.3) is 0 Å². The fourth-order valence-corrected chi connectivity index (χ4v) is 1.28. The molecule has 1 aromatic rings. The molecule has 0 saturated carbocycles. The Hall–Kier alpha value is -1.82. The van der Waals surface area contributed by atoms with E-state index in [9.17, 15) is 0 Å². The Morgan fingerprint density at radius 1 is 1.43 bits per heavy atom. The Bertz CT molecular complexity index is 381. The van der Waals surface area contributed by atoms with E-state index in [0.29, 0.717) is 6.79 Å². The number of fused-ring (bicyclic) bond motifs is 1. The molecule has 1 aromatic carbocycles. The third-order valence-corrected chi connectivity index (χ3v) is 2.01. The lowest BCUT2D eigenvalue weighted by Gasteiger charge is -2.09. The summed E-state index contributed by atoms with van der Waals surface area (Å²) in [5.41, 5.74) is 0.944. The van der Waals surface area contributed by atoms with Gasteiger partial charge in [-0.25, -0.2) is 0 Å². The minimum Gasteiger partial charge on any atom is -0.454 e. The van der Waals surface area contributed by atoms with Gasteiger partial charge in [-0.15, -0.1) is 6.42 Å². The summed E-state index contributed by atoms with van der Waals surface area (Å²) in [5, 5.41) is 3.15. The maximum atomic E-state index is 5.26. The zero-order valence-corrected chi connectivity index (χ0v) is 7.91. The first-order valence-electron chi connectivity index (χ1n) is 4.42. The molecule has 2 rings (SSSR count). The molecular weight excluding hydrogens is 178 g/mol. The molecular formula is C11H11NO2. The van der Waals surface area contributed by atoms with E-state index in [1.807, 2.05) is 25.1 Å². The minimum absolute atomic E-state index is 0.00960. The Labute approximate surface area is 83.0 Å². The van der Waals surface area contributed by atoms with Crippen LogP contribution in [-0.2, 0) is 0 Å². The summed E-state index contributed by atoms with van der Waals surface area (Å²) >= 11 is 0. The van der Waals surface area contributed by atoms with E-state index in [4.69, 9.17) is 15.9 Å². The summed E-state index contributed by atoms with van der Waals surface area (Å²) in [6.45, 7) is 2.22. The van der Waals surface area contributed by atoms with Gasteiger partial charge in [0.05, 0.1) is 6.04 Å². The van der Waals surface area contributed by atoms with E-state index in [1.165, 1.54) is 0 Å². The van der Waals surface area contributed by atoms with Crippen LogP contribution in [0.3, 0.4) is 0 Å². The number of anilines is 1. The smallest absolute Gasteiger partial charge is 0.231 e. The number of nitrogens with one attached hydrogen (secondary N) is 1. The average Bonchev–Trinajstić information content (AvgIpc) is 2.64. The predicted octanol–water partition coefficient (Wildman–Crippen LogP) is 1.85. The topological polar surface area (TPSA) is 30.5 Å². The van der Waals surface area contributed by atoms with Gasteiger partial charge in [0.25, 0.3) is 0 Å². The molecule has 1 N–H and O–H groups in total. The summed E-state index contributed by atoms with van der Waals surface area (Å²) < 4.78 is 10.4. The van der Waals surface area contributed by atoms with Crippen LogP contribution in [0.15, 0.2) is 18.2 Å². The highest BCUT2D eigenvalue weighted by atomic mass is 16.7. The SMILES string of the molecule is C#CC(C)Nc1ccc2c(c1)OCO2. The molecule has 72 valence electrons. The van der Waals surface area contributed by atoms with Gasteiger partial charge in [0.15, 0.2) is 11.5 Å². The molecule has 0 aliphatic carbocycles. The quantitative estimate of drug-likeness (QED) is 0.720. The molecule has 0 amide bonds. The van der Waals surface area contributed by atoms with E-state index < -0.39 is 0 Å². The number of ether oxygens (including phenoxy) is 2. The number of benzene rings is 1. The molecule has 1 aliphatic heterocycles. The summed E-state index contributed by atoms with van der Waals surface area (Å²) in [6, 6.07) is 5.68. The number of hydrogen-bond acceptors (Lipinski definition) is 3. The molecule has 1 aliphatic rings. The molecule has 0 spiro atoms. The van der Waals surface area contributed by atoms with Crippen LogP contribution in [0.5, 0.6) is 11.5 Å². The summed E-state index contributed by atoms with van der Waals surface area (Å²) in [7, 11) is 0. The van der Waals surface area contributed by atoms with Crippen LogP contribution < -0.4 is 14.8 Å². The normalized spacial score (nSPS) is 14.6. The van der Waals surface area contributed by atoms with Crippen molar-refractivity contribution in [2.75, 3.05) is 12.1 Å². The minimum atomic E-state index is 0.00960. The second kappa shape index (κ2) is 3.51. The fourth-order valence-electron chi connectivity index (χ4n) is 1.28. The second-order valence-electron chi connectivity index (χ2n) is 3.10. The van der Waals surface area contributed by atoms with Crippen LogP contribution in [0.1, 0.15) is 6.92 Å². The third kappa shape index (κ3) is 1.60. The van der Waals surface area contributed by atoms with Gasteiger partial charge in [-0.1, -0.05) is 5.92 Å². The molecule has 0 saturated heterocycles.